The number of rotatable bonds is 0. The highest BCUT2D eigenvalue weighted by Gasteiger charge is 2.38. The van der Waals surface area contributed by atoms with Crippen molar-refractivity contribution in [1.82, 2.24) is 4.90 Å². The summed E-state index contributed by atoms with van der Waals surface area (Å²) >= 11 is 0. The summed E-state index contributed by atoms with van der Waals surface area (Å²) in [6, 6.07) is 0. The first-order valence-corrected chi connectivity index (χ1v) is 2.98. The van der Waals surface area contributed by atoms with Gasteiger partial charge in [0.25, 0.3) is 5.92 Å². The average Bonchev–Trinajstić information content (AvgIpc) is 2.10. The van der Waals surface area contributed by atoms with Gasteiger partial charge in [-0.3, -0.25) is 5.41 Å². The van der Waals surface area contributed by atoms with E-state index < -0.39 is 12.5 Å². The molecule has 0 aromatic rings. The molecule has 0 bridgehead atoms. The van der Waals surface area contributed by atoms with Gasteiger partial charge >= 0.3 is 0 Å². The molecule has 0 aliphatic carbocycles. The molecule has 0 spiro atoms. The Hall–Kier alpha value is -0.870. The molecule has 0 radical (unpaired) electrons. The summed E-state index contributed by atoms with van der Waals surface area (Å²) in [6.07, 6.45) is -0.188. The van der Waals surface area contributed by atoms with Crippen molar-refractivity contribution in [1.29, 1.82) is 5.41 Å². The van der Waals surface area contributed by atoms with E-state index in [9.17, 15) is 8.78 Å². The summed E-state index contributed by atoms with van der Waals surface area (Å²) in [5.74, 6) is -2.91. The molecule has 1 aliphatic heterocycles. The largest absolute Gasteiger partial charge is 0.370 e. The molecule has 1 saturated heterocycles. The van der Waals surface area contributed by atoms with E-state index in [2.05, 4.69) is 0 Å². The van der Waals surface area contributed by atoms with Crippen LogP contribution in [-0.4, -0.2) is 29.9 Å². The number of likely N-dealkylation sites (tertiary alicyclic amines) is 1. The smallest absolute Gasteiger partial charge is 0.267 e. The van der Waals surface area contributed by atoms with Crippen LogP contribution in [0.5, 0.6) is 0 Å². The van der Waals surface area contributed by atoms with Crippen molar-refractivity contribution >= 4 is 5.96 Å². The van der Waals surface area contributed by atoms with E-state index in [1.165, 1.54) is 4.90 Å². The minimum absolute atomic E-state index is 0.188. The normalized spacial score (nSPS) is 23.2. The quantitative estimate of drug-likeness (QED) is 0.382. The van der Waals surface area contributed by atoms with Crippen molar-refractivity contribution in [2.75, 3.05) is 13.1 Å². The SMILES string of the molecule is N=C(N)N1CCC(F)(F)C1. The average molecular weight is 149 g/mol. The molecule has 1 rings (SSSR count). The van der Waals surface area contributed by atoms with Gasteiger partial charge in [-0.05, 0) is 0 Å². The monoisotopic (exact) mass is 149 g/mol. The number of nitrogens with one attached hydrogen (secondary N) is 1. The molecule has 5 heteroatoms. The number of guanidine groups is 1. The Morgan fingerprint density at radius 1 is 1.60 bits per heavy atom. The molecule has 58 valence electrons. The van der Waals surface area contributed by atoms with Crippen LogP contribution >= 0.6 is 0 Å². The lowest BCUT2D eigenvalue weighted by Gasteiger charge is -2.14. The number of nitrogens with two attached hydrogens (primary N) is 1. The summed E-state index contributed by atoms with van der Waals surface area (Å²) in [5.41, 5.74) is 4.99. The zero-order valence-electron chi connectivity index (χ0n) is 5.40. The number of nitrogens with zero attached hydrogens (tertiary/aromatic N) is 1. The highest BCUT2D eigenvalue weighted by atomic mass is 19.3. The lowest BCUT2D eigenvalue weighted by Crippen LogP contribution is -2.36. The van der Waals surface area contributed by atoms with Crippen LogP contribution in [0.1, 0.15) is 6.42 Å². The van der Waals surface area contributed by atoms with E-state index in [0.29, 0.717) is 0 Å². The third-order valence-corrected chi connectivity index (χ3v) is 1.51. The van der Waals surface area contributed by atoms with E-state index in [-0.39, 0.29) is 18.9 Å². The molecule has 1 fully saturated rings. The molecule has 0 aromatic heterocycles. The number of alkyl halides is 2. The van der Waals surface area contributed by atoms with Gasteiger partial charge in [0.15, 0.2) is 5.96 Å². The first-order chi connectivity index (χ1) is 4.51. The Bertz CT molecular complexity index is 157. The van der Waals surface area contributed by atoms with Crippen molar-refractivity contribution < 1.29 is 8.78 Å². The fourth-order valence-electron chi connectivity index (χ4n) is 0.942. The minimum Gasteiger partial charge on any atom is -0.370 e. The molecule has 3 N–H and O–H groups in total. The second-order valence-electron chi connectivity index (χ2n) is 2.41. The predicted octanol–water partition coefficient (Wildman–Crippen LogP) is 0.221. The fourth-order valence-corrected chi connectivity index (χ4v) is 0.942. The van der Waals surface area contributed by atoms with Crippen LogP contribution in [0.2, 0.25) is 0 Å². The highest BCUT2D eigenvalue weighted by Crippen LogP contribution is 2.25. The Balaban J connectivity index is 2.51. The molecule has 0 saturated carbocycles. The Labute approximate surface area is 57.3 Å². The van der Waals surface area contributed by atoms with Gasteiger partial charge in [-0.25, -0.2) is 8.78 Å². The van der Waals surface area contributed by atoms with Crippen LogP contribution < -0.4 is 5.73 Å². The standard InChI is InChI=1S/C5H9F2N3/c6-5(7)1-2-10(3-5)4(8)9/h1-3H2,(H3,8,9). The van der Waals surface area contributed by atoms with Gasteiger partial charge in [0.05, 0.1) is 6.54 Å². The third-order valence-electron chi connectivity index (χ3n) is 1.51. The third kappa shape index (κ3) is 1.34. The molecular weight excluding hydrogens is 140 g/mol. The molecule has 0 amide bonds. The first-order valence-electron chi connectivity index (χ1n) is 2.98. The molecule has 1 aliphatic rings. The second kappa shape index (κ2) is 2.07. The van der Waals surface area contributed by atoms with Gasteiger partial charge < -0.3 is 10.6 Å². The Morgan fingerprint density at radius 3 is 2.40 bits per heavy atom. The zero-order valence-corrected chi connectivity index (χ0v) is 5.40. The van der Waals surface area contributed by atoms with Crippen molar-refractivity contribution in [3.8, 4) is 0 Å². The van der Waals surface area contributed by atoms with Crippen LogP contribution in [0.25, 0.3) is 0 Å². The van der Waals surface area contributed by atoms with Gasteiger partial charge in [-0.15, -0.1) is 0 Å². The lowest BCUT2D eigenvalue weighted by molar-refractivity contribution is 0.0174. The number of hydrogen-bond donors (Lipinski definition) is 2. The Morgan fingerprint density at radius 2 is 2.20 bits per heavy atom. The van der Waals surface area contributed by atoms with E-state index in [4.69, 9.17) is 11.1 Å². The maximum Gasteiger partial charge on any atom is 0.267 e. The fraction of sp³-hybridized carbons (Fsp3) is 0.800. The summed E-state index contributed by atoms with van der Waals surface area (Å²) in [4.78, 5) is 1.17. The van der Waals surface area contributed by atoms with Crippen molar-refractivity contribution in [3.63, 3.8) is 0 Å². The van der Waals surface area contributed by atoms with Crippen LogP contribution in [0.4, 0.5) is 8.78 Å². The van der Waals surface area contributed by atoms with Crippen molar-refractivity contribution in [3.05, 3.63) is 0 Å². The predicted molar refractivity (Wildman–Crippen MR) is 33.1 cm³/mol. The number of halogens is 2. The summed E-state index contributed by atoms with van der Waals surface area (Å²) in [6.45, 7) is -0.204. The molecule has 3 nitrogen and oxygen atoms in total. The lowest BCUT2D eigenvalue weighted by atomic mass is 10.3. The van der Waals surface area contributed by atoms with Crippen LogP contribution in [0.15, 0.2) is 0 Å². The van der Waals surface area contributed by atoms with Crippen molar-refractivity contribution in [2.45, 2.75) is 12.3 Å². The van der Waals surface area contributed by atoms with Gasteiger partial charge in [0.2, 0.25) is 0 Å². The maximum absolute atomic E-state index is 12.4. The van der Waals surface area contributed by atoms with Gasteiger partial charge in [-0.1, -0.05) is 0 Å². The van der Waals surface area contributed by atoms with Crippen LogP contribution in [0, 0.1) is 5.41 Å². The van der Waals surface area contributed by atoms with Gasteiger partial charge in [0, 0.05) is 13.0 Å². The molecule has 0 atom stereocenters. The molecular formula is C5H9F2N3. The van der Waals surface area contributed by atoms with E-state index in [1.807, 2.05) is 0 Å². The van der Waals surface area contributed by atoms with Gasteiger partial charge in [-0.2, -0.15) is 0 Å². The minimum atomic E-state index is -2.65. The van der Waals surface area contributed by atoms with Gasteiger partial charge in [0.1, 0.15) is 0 Å². The molecule has 0 unspecified atom stereocenters. The maximum atomic E-state index is 12.4. The number of hydrogen-bond acceptors (Lipinski definition) is 1. The highest BCUT2D eigenvalue weighted by molar-refractivity contribution is 5.74. The van der Waals surface area contributed by atoms with E-state index in [0.717, 1.165) is 0 Å². The zero-order chi connectivity index (χ0) is 7.78. The molecule has 10 heavy (non-hydrogen) atoms. The summed E-state index contributed by atoms with van der Waals surface area (Å²) in [7, 11) is 0. The molecule has 1 heterocycles. The van der Waals surface area contributed by atoms with E-state index >= 15 is 0 Å². The molecule has 0 aromatic carbocycles. The summed E-state index contributed by atoms with van der Waals surface area (Å²) < 4.78 is 24.7. The first kappa shape index (κ1) is 7.24. The van der Waals surface area contributed by atoms with Crippen molar-refractivity contribution in [2.24, 2.45) is 5.73 Å². The van der Waals surface area contributed by atoms with Crippen LogP contribution in [-0.2, 0) is 0 Å². The second-order valence-corrected chi connectivity index (χ2v) is 2.41. The topological polar surface area (TPSA) is 53.1 Å². The van der Waals surface area contributed by atoms with E-state index in [1.54, 1.807) is 0 Å². The summed E-state index contributed by atoms with van der Waals surface area (Å²) in [5, 5.41) is 6.84. The van der Waals surface area contributed by atoms with Crippen LogP contribution in [0.3, 0.4) is 0 Å². The Kier molecular flexibility index (Phi) is 1.50.